The number of nitrogens with one attached hydrogen (secondary N) is 1. The SMILES string of the molecule is CCC(C)(C)NC(=O)C(C)N1CCC(C(C)N)C1.Cl. The van der Waals surface area contributed by atoms with Gasteiger partial charge in [-0.25, -0.2) is 0 Å². The molecule has 0 bridgehead atoms. The van der Waals surface area contributed by atoms with Crippen molar-refractivity contribution >= 4 is 18.3 Å². The first-order valence-electron chi connectivity index (χ1n) is 7.08. The van der Waals surface area contributed by atoms with Crippen LogP contribution in [0.2, 0.25) is 0 Å². The third-order valence-corrected chi connectivity index (χ3v) is 4.27. The smallest absolute Gasteiger partial charge is 0.237 e. The van der Waals surface area contributed by atoms with Crippen molar-refractivity contribution in [3.63, 3.8) is 0 Å². The summed E-state index contributed by atoms with van der Waals surface area (Å²) in [7, 11) is 0. The summed E-state index contributed by atoms with van der Waals surface area (Å²) in [5, 5.41) is 3.11. The maximum absolute atomic E-state index is 12.2. The molecule has 5 heteroatoms. The van der Waals surface area contributed by atoms with Crippen LogP contribution in [0, 0.1) is 5.92 Å². The summed E-state index contributed by atoms with van der Waals surface area (Å²) in [5.41, 5.74) is 5.81. The third kappa shape index (κ3) is 5.28. The topological polar surface area (TPSA) is 58.4 Å². The minimum Gasteiger partial charge on any atom is -0.350 e. The van der Waals surface area contributed by atoms with Gasteiger partial charge in [-0.1, -0.05) is 6.92 Å². The van der Waals surface area contributed by atoms with Crippen LogP contribution < -0.4 is 11.1 Å². The van der Waals surface area contributed by atoms with E-state index in [4.69, 9.17) is 5.73 Å². The van der Waals surface area contributed by atoms with Crippen molar-refractivity contribution in [2.45, 2.75) is 65.1 Å². The summed E-state index contributed by atoms with van der Waals surface area (Å²) in [5.74, 6) is 0.659. The van der Waals surface area contributed by atoms with E-state index in [9.17, 15) is 4.79 Å². The van der Waals surface area contributed by atoms with E-state index >= 15 is 0 Å². The molecule has 0 aromatic heterocycles. The molecule has 1 aliphatic rings. The summed E-state index contributed by atoms with van der Waals surface area (Å²) in [6.45, 7) is 12.2. The van der Waals surface area contributed by atoms with Crippen molar-refractivity contribution < 1.29 is 4.79 Å². The fourth-order valence-corrected chi connectivity index (χ4v) is 2.29. The van der Waals surface area contributed by atoms with E-state index in [0.29, 0.717) is 5.92 Å². The minimum atomic E-state index is -0.119. The molecule has 1 heterocycles. The number of amides is 1. The fraction of sp³-hybridized carbons (Fsp3) is 0.929. The molecule has 0 aromatic carbocycles. The van der Waals surface area contributed by atoms with Crippen LogP contribution in [-0.2, 0) is 4.79 Å². The lowest BCUT2D eigenvalue weighted by Crippen LogP contribution is -2.51. The fourth-order valence-electron chi connectivity index (χ4n) is 2.29. The van der Waals surface area contributed by atoms with Crippen molar-refractivity contribution in [1.82, 2.24) is 10.2 Å². The molecular weight excluding hydrogens is 262 g/mol. The molecule has 0 saturated carbocycles. The molecule has 1 saturated heterocycles. The van der Waals surface area contributed by atoms with Gasteiger partial charge in [0.25, 0.3) is 0 Å². The lowest BCUT2D eigenvalue weighted by Gasteiger charge is -2.30. The maximum Gasteiger partial charge on any atom is 0.237 e. The van der Waals surface area contributed by atoms with Crippen LogP contribution in [0.1, 0.15) is 47.5 Å². The van der Waals surface area contributed by atoms with Crippen LogP contribution in [-0.4, -0.2) is 41.5 Å². The Morgan fingerprint density at radius 1 is 1.47 bits per heavy atom. The highest BCUT2D eigenvalue weighted by atomic mass is 35.5. The molecule has 19 heavy (non-hydrogen) atoms. The molecular formula is C14H30ClN3O. The lowest BCUT2D eigenvalue weighted by molar-refractivity contribution is -0.127. The van der Waals surface area contributed by atoms with Crippen LogP contribution in [0.3, 0.4) is 0 Å². The number of carbonyl (C=O) groups is 1. The van der Waals surface area contributed by atoms with E-state index < -0.39 is 0 Å². The van der Waals surface area contributed by atoms with Crippen LogP contribution in [0.5, 0.6) is 0 Å². The molecule has 1 rings (SSSR count). The van der Waals surface area contributed by atoms with Gasteiger partial charge < -0.3 is 11.1 Å². The predicted octanol–water partition coefficient (Wildman–Crippen LogP) is 1.77. The number of halogens is 1. The third-order valence-electron chi connectivity index (χ3n) is 4.27. The van der Waals surface area contributed by atoms with Crippen molar-refractivity contribution in [3.05, 3.63) is 0 Å². The molecule has 114 valence electrons. The molecule has 3 atom stereocenters. The van der Waals surface area contributed by atoms with Gasteiger partial charge in [0.15, 0.2) is 0 Å². The summed E-state index contributed by atoms with van der Waals surface area (Å²) in [6, 6.07) is 0.164. The molecule has 4 nitrogen and oxygen atoms in total. The molecule has 1 fully saturated rings. The Balaban J connectivity index is 0.00000324. The quantitative estimate of drug-likeness (QED) is 0.812. The van der Waals surface area contributed by atoms with Crippen molar-refractivity contribution in [2.75, 3.05) is 13.1 Å². The standard InChI is InChI=1S/C14H29N3O.ClH/c1-6-14(4,5)16-13(18)11(3)17-8-7-12(9-17)10(2)15;/h10-12H,6-9,15H2,1-5H3,(H,16,18);1H. The summed E-state index contributed by atoms with van der Waals surface area (Å²) >= 11 is 0. The van der Waals surface area contributed by atoms with E-state index in [1.807, 2.05) is 6.92 Å². The summed E-state index contributed by atoms with van der Waals surface area (Å²) in [6.07, 6.45) is 2.04. The summed E-state index contributed by atoms with van der Waals surface area (Å²) in [4.78, 5) is 14.4. The van der Waals surface area contributed by atoms with Crippen LogP contribution in [0.25, 0.3) is 0 Å². The predicted molar refractivity (Wildman–Crippen MR) is 82.6 cm³/mol. The molecule has 1 amide bonds. The Morgan fingerprint density at radius 3 is 2.47 bits per heavy atom. The molecule has 0 aromatic rings. The summed E-state index contributed by atoms with van der Waals surface area (Å²) < 4.78 is 0. The van der Waals surface area contributed by atoms with Gasteiger partial charge in [-0.2, -0.15) is 0 Å². The number of nitrogens with two attached hydrogens (primary N) is 1. The zero-order valence-corrected chi connectivity index (χ0v) is 13.7. The van der Waals surface area contributed by atoms with Gasteiger partial charge in [0.1, 0.15) is 0 Å². The number of hydrogen-bond donors (Lipinski definition) is 2. The second kappa shape index (κ2) is 7.46. The van der Waals surface area contributed by atoms with Gasteiger partial charge in [0.05, 0.1) is 6.04 Å². The lowest BCUT2D eigenvalue weighted by atomic mass is 10.0. The van der Waals surface area contributed by atoms with E-state index in [1.54, 1.807) is 0 Å². The number of nitrogens with zero attached hydrogens (tertiary/aromatic N) is 1. The van der Waals surface area contributed by atoms with Crippen molar-refractivity contribution in [1.29, 1.82) is 0 Å². The van der Waals surface area contributed by atoms with Crippen molar-refractivity contribution in [3.8, 4) is 0 Å². The largest absolute Gasteiger partial charge is 0.350 e. The first kappa shape index (κ1) is 18.7. The number of likely N-dealkylation sites (tertiary alicyclic amines) is 1. The zero-order chi connectivity index (χ0) is 13.9. The van der Waals surface area contributed by atoms with E-state index in [2.05, 4.69) is 37.9 Å². The van der Waals surface area contributed by atoms with E-state index in [-0.39, 0.29) is 35.9 Å². The average molecular weight is 292 g/mol. The molecule has 1 aliphatic heterocycles. The van der Waals surface area contributed by atoms with Gasteiger partial charge in [-0.15, -0.1) is 12.4 Å². The van der Waals surface area contributed by atoms with Gasteiger partial charge in [-0.3, -0.25) is 9.69 Å². The van der Waals surface area contributed by atoms with Crippen molar-refractivity contribution in [2.24, 2.45) is 11.7 Å². The Hall–Kier alpha value is -0.320. The van der Waals surface area contributed by atoms with E-state index in [1.165, 1.54) is 0 Å². The first-order chi connectivity index (χ1) is 8.26. The number of carbonyl (C=O) groups excluding carboxylic acids is 1. The van der Waals surface area contributed by atoms with E-state index in [0.717, 1.165) is 25.9 Å². The normalized spacial score (nSPS) is 23.6. The highest BCUT2D eigenvalue weighted by molar-refractivity contribution is 5.85. The molecule has 0 spiro atoms. The Labute approximate surface area is 123 Å². The molecule has 3 N–H and O–H groups in total. The highest BCUT2D eigenvalue weighted by Crippen LogP contribution is 2.21. The Morgan fingerprint density at radius 2 is 2.05 bits per heavy atom. The molecule has 3 unspecified atom stereocenters. The minimum absolute atomic E-state index is 0. The number of rotatable bonds is 5. The Kier molecular flexibility index (Phi) is 7.33. The average Bonchev–Trinajstić information content (AvgIpc) is 2.76. The van der Waals surface area contributed by atoms with Gasteiger partial charge in [-0.05, 0) is 53.0 Å². The second-order valence-electron chi connectivity index (χ2n) is 6.31. The zero-order valence-electron chi connectivity index (χ0n) is 12.9. The van der Waals surface area contributed by atoms with Gasteiger partial charge >= 0.3 is 0 Å². The van der Waals surface area contributed by atoms with Crippen LogP contribution >= 0.6 is 12.4 Å². The van der Waals surface area contributed by atoms with Crippen LogP contribution in [0.15, 0.2) is 0 Å². The van der Waals surface area contributed by atoms with Gasteiger partial charge in [0.2, 0.25) is 5.91 Å². The second-order valence-corrected chi connectivity index (χ2v) is 6.31. The maximum atomic E-state index is 12.2. The Bertz CT molecular complexity index is 294. The number of hydrogen-bond acceptors (Lipinski definition) is 3. The van der Waals surface area contributed by atoms with Gasteiger partial charge in [0, 0.05) is 18.1 Å². The molecule has 0 radical (unpaired) electrons. The first-order valence-corrected chi connectivity index (χ1v) is 7.08. The van der Waals surface area contributed by atoms with Crippen LogP contribution in [0.4, 0.5) is 0 Å². The molecule has 0 aliphatic carbocycles. The highest BCUT2D eigenvalue weighted by Gasteiger charge is 2.32. The monoisotopic (exact) mass is 291 g/mol.